The monoisotopic (exact) mass is 549 g/mol. The predicted molar refractivity (Wildman–Crippen MR) is 82.1 cm³/mol. The quantitative estimate of drug-likeness (QED) is 0.223. The van der Waals surface area contributed by atoms with Gasteiger partial charge >= 0.3 is 118 Å². The number of aliphatic hydroxyl groups excluding tert-OH is 1. The summed E-state index contributed by atoms with van der Waals surface area (Å²) in [5.74, 6) is -0.344. The third kappa shape index (κ3) is 10.1. The number of imidazole rings is 1. The van der Waals surface area contributed by atoms with Gasteiger partial charge in [-0.1, -0.05) is 0 Å². The molecule has 0 radical (unpaired) electrons. The SMILES string of the molecule is Nc1nc2c(ncn2[C@@H]2O[C@H](CO)[C@@H](OP(=O)([O-])[O-])[C@H]2OP(=O)([O-])[O-])c(=O)[nH]1.O.[Na+].[Na+].[Na+].[Na+]. The number of ether oxygens (including phenoxy) is 1. The van der Waals surface area contributed by atoms with E-state index in [1.807, 2.05) is 0 Å². The number of anilines is 1. The van der Waals surface area contributed by atoms with Crippen LogP contribution in [0.2, 0.25) is 0 Å². The van der Waals surface area contributed by atoms with E-state index < -0.39 is 52.4 Å². The van der Waals surface area contributed by atoms with Gasteiger partial charge in [0.25, 0.3) is 5.56 Å². The number of aliphatic hydroxyl groups is 1. The molecule has 0 unspecified atom stereocenters. The summed E-state index contributed by atoms with van der Waals surface area (Å²) in [4.78, 5) is 65.8. The number of hydrogen-bond acceptors (Lipinski definition) is 14. The fourth-order valence-corrected chi connectivity index (χ4v) is 3.82. The van der Waals surface area contributed by atoms with Crippen molar-refractivity contribution >= 4 is 32.8 Å². The minimum absolute atomic E-state index is 0. The number of hydrogen-bond donors (Lipinski definition) is 3. The topological polar surface area (TPSA) is 295 Å². The maximum Gasteiger partial charge on any atom is 1.00 e. The van der Waals surface area contributed by atoms with Crippen LogP contribution in [0.3, 0.4) is 0 Å². The number of phosphoric acid groups is 2. The predicted octanol–water partition coefficient (Wildman–Crippen LogP) is -17.8. The molecule has 1 aliphatic heterocycles. The van der Waals surface area contributed by atoms with E-state index in [1.165, 1.54) is 0 Å². The van der Waals surface area contributed by atoms with Crippen LogP contribution in [0, 0.1) is 0 Å². The number of rotatable bonds is 6. The number of nitrogens with one attached hydrogen (secondary N) is 1. The second-order valence-electron chi connectivity index (χ2n) is 5.56. The van der Waals surface area contributed by atoms with Crippen molar-refractivity contribution in [2.75, 3.05) is 12.3 Å². The van der Waals surface area contributed by atoms with Crippen molar-refractivity contribution in [3.8, 4) is 0 Å². The van der Waals surface area contributed by atoms with Gasteiger partial charge in [-0.3, -0.25) is 14.3 Å². The maximum atomic E-state index is 11.9. The molecule has 4 atom stereocenters. The molecule has 23 heteroatoms. The number of nitrogens with zero attached hydrogens (tertiary/aromatic N) is 3. The van der Waals surface area contributed by atoms with Gasteiger partial charge in [-0.2, -0.15) is 4.98 Å². The van der Waals surface area contributed by atoms with Crippen molar-refractivity contribution < 1.29 is 171 Å². The molecule has 33 heavy (non-hydrogen) atoms. The first-order valence-corrected chi connectivity index (χ1v) is 10.2. The molecule has 0 aromatic carbocycles. The molecule has 1 fully saturated rings. The summed E-state index contributed by atoms with van der Waals surface area (Å²) in [6.07, 6.45) is -6.35. The summed E-state index contributed by atoms with van der Waals surface area (Å²) >= 11 is 0. The van der Waals surface area contributed by atoms with Crippen LogP contribution < -0.4 is 149 Å². The number of fused-ring (bicyclic) bond motifs is 1. The van der Waals surface area contributed by atoms with Gasteiger partial charge in [-0.25, -0.2) is 4.98 Å². The molecule has 0 saturated carbocycles. The van der Waals surface area contributed by atoms with Crippen LogP contribution >= 0.6 is 15.6 Å². The second kappa shape index (κ2) is 15.6. The molecule has 2 aromatic heterocycles. The molecular formula is C10H13N5Na4O12P2. The van der Waals surface area contributed by atoms with Crippen molar-refractivity contribution in [2.24, 2.45) is 0 Å². The van der Waals surface area contributed by atoms with E-state index in [-0.39, 0.29) is 141 Å². The van der Waals surface area contributed by atoms with Gasteiger partial charge in [0.1, 0.15) is 18.3 Å². The normalized spacial score (nSPS) is 22.2. The van der Waals surface area contributed by atoms with Gasteiger partial charge in [0.15, 0.2) is 17.4 Å². The zero-order valence-electron chi connectivity index (χ0n) is 17.9. The summed E-state index contributed by atoms with van der Waals surface area (Å²) < 4.78 is 36.9. The van der Waals surface area contributed by atoms with Gasteiger partial charge < -0.3 is 58.8 Å². The number of aromatic nitrogens is 4. The van der Waals surface area contributed by atoms with E-state index in [4.69, 9.17) is 10.5 Å². The molecule has 17 nitrogen and oxygen atoms in total. The Morgan fingerprint density at radius 3 is 2.12 bits per heavy atom. The molecule has 3 rings (SSSR count). The van der Waals surface area contributed by atoms with Crippen LogP contribution in [-0.4, -0.2) is 55.0 Å². The first kappa shape index (κ1) is 39.8. The molecule has 3 heterocycles. The molecule has 1 saturated heterocycles. The Labute approximate surface area is 273 Å². The van der Waals surface area contributed by atoms with Gasteiger partial charge in [-0.05, 0) is 0 Å². The van der Waals surface area contributed by atoms with Crippen LogP contribution in [0.4, 0.5) is 5.95 Å². The molecule has 0 amide bonds. The summed E-state index contributed by atoms with van der Waals surface area (Å²) in [5, 5.41) is 9.37. The fraction of sp³-hybridized carbons (Fsp3) is 0.500. The molecular weight excluding hydrogens is 536 g/mol. The van der Waals surface area contributed by atoms with Crippen LogP contribution in [0.5, 0.6) is 0 Å². The average Bonchev–Trinajstić information content (AvgIpc) is 3.07. The fourth-order valence-electron chi connectivity index (χ4n) is 2.75. The van der Waals surface area contributed by atoms with Gasteiger partial charge in [0.05, 0.1) is 28.6 Å². The smallest absolute Gasteiger partial charge is 0.790 e. The summed E-state index contributed by atoms with van der Waals surface area (Å²) in [6.45, 7) is -0.939. The van der Waals surface area contributed by atoms with Crippen LogP contribution in [-0.2, 0) is 22.9 Å². The second-order valence-corrected chi connectivity index (χ2v) is 7.77. The summed E-state index contributed by atoms with van der Waals surface area (Å²) in [5.41, 5.74) is 4.19. The van der Waals surface area contributed by atoms with Gasteiger partial charge in [-0.15, -0.1) is 0 Å². The Morgan fingerprint density at radius 1 is 1.12 bits per heavy atom. The van der Waals surface area contributed by atoms with Crippen molar-refractivity contribution in [1.82, 2.24) is 19.5 Å². The third-order valence-electron chi connectivity index (χ3n) is 3.69. The average molecular weight is 549 g/mol. The van der Waals surface area contributed by atoms with E-state index in [0.29, 0.717) is 0 Å². The minimum Gasteiger partial charge on any atom is -0.790 e. The third-order valence-corrected chi connectivity index (χ3v) is 4.70. The number of H-pyrrole nitrogens is 1. The Balaban J connectivity index is -0.00000180. The molecule has 6 N–H and O–H groups in total. The zero-order chi connectivity index (χ0) is 20.9. The first-order chi connectivity index (χ1) is 12.9. The van der Waals surface area contributed by atoms with Crippen molar-refractivity contribution in [2.45, 2.75) is 24.5 Å². The van der Waals surface area contributed by atoms with Gasteiger partial charge in [0.2, 0.25) is 5.95 Å². The zero-order valence-corrected chi connectivity index (χ0v) is 27.7. The molecule has 0 aliphatic carbocycles. The molecule has 2 aromatic rings. The van der Waals surface area contributed by atoms with Crippen molar-refractivity contribution in [1.29, 1.82) is 0 Å². The molecule has 0 spiro atoms. The summed E-state index contributed by atoms with van der Waals surface area (Å²) in [6, 6.07) is 0. The Hall–Kier alpha value is 2.25. The number of nitrogens with two attached hydrogens (primary N) is 1. The Kier molecular flexibility index (Phi) is 18.8. The molecule has 164 valence electrons. The number of aromatic amines is 1. The standard InChI is InChI=1S/C10H15N5O11P2.4Na.H2O/c11-10-13-7-4(8(17)14-10)12-2-15(7)9-6(26-28(21,22)23)5(3(1-16)24-9)25-27(18,19)20;;;;;/h2-3,5-6,9,16H,1H2,(H2,18,19,20)(H2,21,22,23)(H3,11,13,14,17);;;;;1H2/q;4*+1;/p-4/t3-,5-,6-,9-;;;;;/m1...../s1. The van der Waals surface area contributed by atoms with E-state index in [0.717, 1.165) is 10.9 Å². The largest absolute Gasteiger partial charge is 1.00 e. The van der Waals surface area contributed by atoms with Crippen molar-refractivity contribution in [3.05, 3.63) is 16.7 Å². The molecule has 0 bridgehead atoms. The van der Waals surface area contributed by atoms with E-state index in [2.05, 4.69) is 24.0 Å². The maximum absolute atomic E-state index is 11.9. The first-order valence-electron chi connectivity index (χ1n) is 7.29. The Bertz CT molecular complexity index is 1050. The van der Waals surface area contributed by atoms with E-state index >= 15 is 0 Å². The van der Waals surface area contributed by atoms with E-state index in [9.17, 15) is 38.6 Å². The minimum atomic E-state index is -5.76. The van der Waals surface area contributed by atoms with E-state index in [1.54, 1.807) is 0 Å². The van der Waals surface area contributed by atoms with Crippen LogP contribution in [0.1, 0.15) is 6.23 Å². The van der Waals surface area contributed by atoms with Crippen LogP contribution in [0.15, 0.2) is 11.1 Å². The summed E-state index contributed by atoms with van der Waals surface area (Å²) in [7, 11) is -11.5. The Morgan fingerprint density at radius 2 is 1.64 bits per heavy atom. The van der Waals surface area contributed by atoms with Crippen molar-refractivity contribution in [3.63, 3.8) is 0 Å². The number of nitrogen functional groups attached to an aromatic ring is 1. The van der Waals surface area contributed by atoms with Gasteiger partial charge in [0, 0.05) is 0 Å². The number of phosphoric ester groups is 2. The molecule has 1 aliphatic rings. The van der Waals surface area contributed by atoms with Crippen LogP contribution in [0.25, 0.3) is 11.2 Å².